The van der Waals surface area contributed by atoms with Crippen LogP contribution in [0.15, 0.2) is 35.3 Å². The summed E-state index contributed by atoms with van der Waals surface area (Å²) in [4.78, 5) is 24.0. The summed E-state index contributed by atoms with van der Waals surface area (Å²) in [5.74, 6) is 0.857. The highest BCUT2D eigenvalue weighted by molar-refractivity contribution is 6.35. The molecule has 0 radical (unpaired) electrons. The second kappa shape index (κ2) is 7.11. The van der Waals surface area contributed by atoms with Gasteiger partial charge in [-0.3, -0.25) is 4.79 Å². The first-order valence-corrected chi connectivity index (χ1v) is 8.94. The molecule has 4 N–H and O–H groups in total. The van der Waals surface area contributed by atoms with E-state index >= 15 is 0 Å². The predicted molar refractivity (Wildman–Crippen MR) is 105 cm³/mol. The number of nitrogens with one attached hydrogen (secondary N) is 4. The van der Waals surface area contributed by atoms with Gasteiger partial charge in [-0.05, 0) is 37.2 Å². The van der Waals surface area contributed by atoms with Crippen LogP contribution in [0.3, 0.4) is 0 Å². The number of hydrogen-bond donors (Lipinski definition) is 4. The van der Waals surface area contributed by atoms with Gasteiger partial charge in [0.25, 0.3) is 5.56 Å². The van der Waals surface area contributed by atoms with Gasteiger partial charge in [0.15, 0.2) is 0 Å². The van der Waals surface area contributed by atoms with Gasteiger partial charge in [0.1, 0.15) is 11.2 Å². The zero-order valence-corrected chi connectivity index (χ0v) is 15.2. The molecule has 1 fully saturated rings. The lowest BCUT2D eigenvalue weighted by Gasteiger charge is -2.14. The van der Waals surface area contributed by atoms with E-state index in [4.69, 9.17) is 23.2 Å². The van der Waals surface area contributed by atoms with Gasteiger partial charge in [0, 0.05) is 34.5 Å². The first kappa shape index (κ1) is 17.1. The molecule has 2 aromatic heterocycles. The van der Waals surface area contributed by atoms with Crippen molar-refractivity contribution in [2.24, 2.45) is 0 Å². The van der Waals surface area contributed by atoms with Crippen LogP contribution in [-0.4, -0.2) is 34.1 Å². The maximum absolute atomic E-state index is 12.3. The Kier molecular flexibility index (Phi) is 4.67. The van der Waals surface area contributed by atoms with Crippen molar-refractivity contribution in [1.82, 2.24) is 20.3 Å². The van der Waals surface area contributed by atoms with E-state index in [2.05, 4.69) is 30.9 Å². The van der Waals surface area contributed by atoms with E-state index < -0.39 is 0 Å². The molecule has 134 valence electrons. The highest BCUT2D eigenvalue weighted by atomic mass is 35.5. The van der Waals surface area contributed by atoms with Gasteiger partial charge >= 0.3 is 0 Å². The molecule has 7 nitrogen and oxygen atoms in total. The summed E-state index contributed by atoms with van der Waals surface area (Å²) in [5.41, 5.74) is 0.916. The fraction of sp³-hybridized carbons (Fsp3) is 0.235. The summed E-state index contributed by atoms with van der Waals surface area (Å²) < 4.78 is 0. The van der Waals surface area contributed by atoms with Gasteiger partial charge in [-0.2, -0.15) is 4.98 Å². The molecular weight excluding hydrogens is 375 g/mol. The minimum absolute atomic E-state index is 0.253. The average molecular weight is 391 g/mol. The predicted octanol–water partition coefficient (Wildman–Crippen LogP) is 3.14. The van der Waals surface area contributed by atoms with Crippen LogP contribution in [0, 0.1) is 0 Å². The number of nitrogens with zero attached hydrogens (tertiary/aromatic N) is 2. The van der Waals surface area contributed by atoms with Crippen LogP contribution >= 0.6 is 23.2 Å². The maximum atomic E-state index is 12.3. The van der Waals surface area contributed by atoms with E-state index in [0.29, 0.717) is 38.4 Å². The van der Waals surface area contributed by atoms with Gasteiger partial charge in [-0.15, -0.1) is 0 Å². The number of H-pyrrole nitrogens is 1. The van der Waals surface area contributed by atoms with Crippen molar-refractivity contribution < 1.29 is 0 Å². The molecule has 1 aliphatic heterocycles. The molecule has 3 heterocycles. The Balaban J connectivity index is 1.78. The van der Waals surface area contributed by atoms with Crippen LogP contribution in [0.5, 0.6) is 0 Å². The minimum atomic E-state index is -0.271. The lowest BCUT2D eigenvalue weighted by atomic mass is 10.2. The molecule has 0 spiro atoms. The zero-order valence-electron chi connectivity index (χ0n) is 13.6. The molecule has 1 aromatic carbocycles. The average Bonchev–Trinajstić information content (AvgIpc) is 3.06. The molecule has 1 atom stereocenters. The van der Waals surface area contributed by atoms with Gasteiger partial charge in [-0.25, -0.2) is 4.98 Å². The summed E-state index contributed by atoms with van der Waals surface area (Å²) in [6, 6.07) is 7.06. The molecular formula is C17H16Cl2N6O. The number of halogens is 2. The number of benzene rings is 1. The van der Waals surface area contributed by atoms with Crippen LogP contribution < -0.4 is 21.5 Å². The topological polar surface area (TPSA) is 94.7 Å². The largest absolute Gasteiger partial charge is 0.350 e. The Bertz CT molecular complexity index is 996. The first-order chi connectivity index (χ1) is 12.6. The third kappa shape index (κ3) is 3.60. The second-order valence-corrected chi connectivity index (χ2v) is 6.95. The monoisotopic (exact) mass is 390 g/mol. The smallest absolute Gasteiger partial charge is 0.261 e. The van der Waals surface area contributed by atoms with Gasteiger partial charge in [0.2, 0.25) is 5.95 Å². The molecule has 0 bridgehead atoms. The summed E-state index contributed by atoms with van der Waals surface area (Å²) >= 11 is 12.1. The van der Waals surface area contributed by atoms with Gasteiger partial charge < -0.3 is 20.9 Å². The highest BCUT2D eigenvalue weighted by Crippen LogP contribution is 2.27. The molecule has 1 aliphatic rings. The van der Waals surface area contributed by atoms with Crippen LogP contribution in [0.2, 0.25) is 10.0 Å². The summed E-state index contributed by atoms with van der Waals surface area (Å²) in [6.45, 7) is 1.81. The van der Waals surface area contributed by atoms with E-state index in [1.54, 1.807) is 30.5 Å². The lowest BCUT2D eigenvalue weighted by molar-refractivity contribution is 0.782. The SMILES string of the molecule is O=c1[nH]ccc2nc(NC3CCNC3)nc(Nc3cc(Cl)cc(Cl)c3)c12. The Morgan fingerprint density at radius 2 is 1.96 bits per heavy atom. The molecule has 0 saturated carbocycles. The fourth-order valence-electron chi connectivity index (χ4n) is 2.97. The molecule has 0 amide bonds. The Morgan fingerprint density at radius 1 is 1.15 bits per heavy atom. The molecule has 0 aliphatic carbocycles. The van der Waals surface area contributed by atoms with E-state index in [1.807, 2.05) is 0 Å². The molecule has 1 unspecified atom stereocenters. The molecule has 26 heavy (non-hydrogen) atoms. The first-order valence-electron chi connectivity index (χ1n) is 8.18. The quantitative estimate of drug-likeness (QED) is 0.546. The third-order valence-electron chi connectivity index (χ3n) is 4.14. The van der Waals surface area contributed by atoms with E-state index in [0.717, 1.165) is 19.5 Å². The number of fused-ring (bicyclic) bond motifs is 1. The molecule has 9 heteroatoms. The zero-order chi connectivity index (χ0) is 18.1. The number of hydrogen-bond acceptors (Lipinski definition) is 6. The highest BCUT2D eigenvalue weighted by Gasteiger charge is 2.17. The van der Waals surface area contributed by atoms with Crippen molar-refractivity contribution >= 4 is 51.6 Å². The van der Waals surface area contributed by atoms with Crippen molar-refractivity contribution in [3.05, 3.63) is 50.9 Å². The summed E-state index contributed by atoms with van der Waals surface area (Å²) in [7, 11) is 0. The van der Waals surface area contributed by atoms with E-state index in [9.17, 15) is 4.79 Å². The summed E-state index contributed by atoms with van der Waals surface area (Å²) in [5, 5.41) is 11.1. The van der Waals surface area contributed by atoms with E-state index in [1.165, 1.54) is 0 Å². The van der Waals surface area contributed by atoms with Crippen LogP contribution in [0.25, 0.3) is 10.9 Å². The van der Waals surface area contributed by atoms with E-state index in [-0.39, 0.29) is 11.6 Å². The lowest BCUT2D eigenvalue weighted by Crippen LogP contribution is -2.24. The maximum Gasteiger partial charge on any atom is 0.261 e. The van der Waals surface area contributed by atoms with Crippen LogP contribution in [-0.2, 0) is 0 Å². The standard InChI is InChI=1S/C17H16Cl2N6O/c18-9-5-10(19)7-12(6-9)22-15-14-13(2-4-21-16(14)26)24-17(25-15)23-11-1-3-20-8-11/h2,4-7,11,20H,1,3,8H2,(H,21,26)(H2,22,23,24,25). The fourth-order valence-corrected chi connectivity index (χ4v) is 3.50. The van der Waals surface area contributed by atoms with Crippen molar-refractivity contribution in [1.29, 1.82) is 0 Å². The number of aromatic nitrogens is 3. The van der Waals surface area contributed by atoms with Gasteiger partial charge in [0.05, 0.1) is 5.52 Å². The number of aromatic amines is 1. The van der Waals surface area contributed by atoms with Crippen LogP contribution in [0.4, 0.5) is 17.5 Å². The number of pyridine rings is 1. The van der Waals surface area contributed by atoms with Crippen molar-refractivity contribution in [2.75, 3.05) is 23.7 Å². The van der Waals surface area contributed by atoms with Crippen LogP contribution in [0.1, 0.15) is 6.42 Å². The number of anilines is 3. The Hall–Kier alpha value is -2.35. The van der Waals surface area contributed by atoms with Crippen molar-refractivity contribution in [3.8, 4) is 0 Å². The Labute approximate surface area is 159 Å². The van der Waals surface area contributed by atoms with Crippen molar-refractivity contribution in [2.45, 2.75) is 12.5 Å². The minimum Gasteiger partial charge on any atom is -0.350 e. The number of rotatable bonds is 4. The second-order valence-electron chi connectivity index (χ2n) is 6.08. The molecule has 4 rings (SSSR count). The van der Waals surface area contributed by atoms with Crippen molar-refractivity contribution in [3.63, 3.8) is 0 Å². The molecule has 1 saturated heterocycles. The summed E-state index contributed by atoms with van der Waals surface area (Å²) in [6.07, 6.45) is 2.56. The Morgan fingerprint density at radius 3 is 2.69 bits per heavy atom. The third-order valence-corrected chi connectivity index (χ3v) is 4.57. The van der Waals surface area contributed by atoms with Gasteiger partial charge in [-0.1, -0.05) is 23.2 Å². The normalized spacial score (nSPS) is 16.8. The molecule has 3 aromatic rings.